The minimum absolute atomic E-state index is 0.0258. The van der Waals surface area contributed by atoms with E-state index in [1.807, 2.05) is 43.3 Å². The lowest BCUT2D eigenvalue weighted by atomic mass is 9.93. The summed E-state index contributed by atoms with van der Waals surface area (Å²) in [7, 11) is -2.50. The smallest absolute Gasteiger partial charge is 0.326 e. The number of nitrogens with one attached hydrogen (secondary N) is 2. The highest BCUT2D eigenvalue weighted by atomic mass is 127. The second kappa shape index (κ2) is 14.7. The van der Waals surface area contributed by atoms with E-state index in [4.69, 9.17) is 26.1 Å². The normalized spacial score (nSPS) is 19.1. The molecule has 0 saturated carbocycles. The number of amidine groups is 1. The highest BCUT2D eigenvalue weighted by molar-refractivity contribution is 14.1. The first-order chi connectivity index (χ1) is 22.0. The standard InChI is InChI=1S/C32H35ClIN5O6S/c1-4-45-27-14-13-25(46(42,43)37-20(2)19-44-3)17-26(27)31-36-29(21-5-9-23(33)10-6-21)30(22-7-11-24(34)12-8-22)39(31)32(41)38-16-15-35-28(40)18-38/h5-14,17,20,29-30,37H,4,15-16,18-19H2,1-3H3,(H,35,40). The van der Waals surface area contributed by atoms with Crippen molar-refractivity contribution in [1.29, 1.82) is 0 Å². The summed E-state index contributed by atoms with van der Waals surface area (Å²) in [5, 5.41) is 3.32. The third-order valence-corrected chi connectivity index (χ3v) is 10.1. The number of carbonyl (C=O) groups excluding carboxylic acids is 2. The summed E-state index contributed by atoms with van der Waals surface area (Å²) in [6.07, 6.45) is 0. The van der Waals surface area contributed by atoms with Crippen molar-refractivity contribution < 1.29 is 27.5 Å². The Hall–Kier alpha value is -3.24. The van der Waals surface area contributed by atoms with E-state index in [2.05, 4.69) is 32.6 Å². The Morgan fingerprint density at radius 2 is 1.83 bits per heavy atom. The molecule has 2 N–H and O–H groups in total. The van der Waals surface area contributed by atoms with Gasteiger partial charge in [-0.3, -0.25) is 14.7 Å². The van der Waals surface area contributed by atoms with Crippen LogP contribution in [0.1, 0.15) is 42.6 Å². The summed E-state index contributed by atoms with van der Waals surface area (Å²) in [5.74, 6) is 0.319. The molecule has 3 unspecified atom stereocenters. The van der Waals surface area contributed by atoms with E-state index in [1.54, 1.807) is 30.0 Å². The number of ether oxygens (including phenoxy) is 2. The van der Waals surface area contributed by atoms with Gasteiger partial charge in [0.15, 0.2) is 0 Å². The van der Waals surface area contributed by atoms with Gasteiger partial charge in [0.25, 0.3) is 0 Å². The average molecular weight is 780 g/mol. The number of rotatable bonds is 10. The summed E-state index contributed by atoms with van der Waals surface area (Å²) in [6, 6.07) is 17.4. The Morgan fingerprint density at radius 1 is 1.13 bits per heavy atom. The topological polar surface area (TPSA) is 130 Å². The molecule has 46 heavy (non-hydrogen) atoms. The van der Waals surface area contributed by atoms with Crippen LogP contribution in [0.5, 0.6) is 5.75 Å². The largest absolute Gasteiger partial charge is 0.493 e. The summed E-state index contributed by atoms with van der Waals surface area (Å²) in [5.41, 5.74) is 1.94. The maximum atomic E-state index is 14.6. The number of halogens is 2. The van der Waals surface area contributed by atoms with Crippen molar-refractivity contribution in [1.82, 2.24) is 19.8 Å². The molecule has 3 amide bonds. The molecule has 3 aromatic carbocycles. The fourth-order valence-corrected chi connectivity index (χ4v) is 7.30. The number of aliphatic imine (C=N–C) groups is 1. The number of carbonyl (C=O) groups is 2. The van der Waals surface area contributed by atoms with E-state index in [-0.39, 0.29) is 36.4 Å². The first kappa shape index (κ1) is 34.1. The third kappa shape index (κ3) is 7.49. The van der Waals surface area contributed by atoms with Gasteiger partial charge in [0.05, 0.1) is 29.7 Å². The molecule has 5 rings (SSSR count). The van der Waals surface area contributed by atoms with Crippen molar-refractivity contribution in [3.05, 3.63) is 92.0 Å². The predicted octanol–water partition coefficient (Wildman–Crippen LogP) is 4.75. The first-order valence-electron chi connectivity index (χ1n) is 14.7. The number of nitrogens with zero attached hydrogens (tertiary/aromatic N) is 3. The zero-order valence-corrected chi connectivity index (χ0v) is 29.3. The molecule has 0 bridgehead atoms. The molecular weight excluding hydrogens is 745 g/mol. The minimum atomic E-state index is -3.99. The number of benzene rings is 3. The summed E-state index contributed by atoms with van der Waals surface area (Å²) in [6.45, 7) is 4.48. The van der Waals surface area contributed by atoms with Gasteiger partial charge < -0.3 is 19.7 Å². The van der Waals surface area contributed by atoms with E-state index in [1.165, 1.54) is 24.1 Å². The van der Waals surface area contributed by atoms with Gasteiger partial charge in [0.1, 0.15) is 24.2 Å². The fraction of sp³-hybridized carbons (Fsp3) is 0.344. The molecule has 3 aromatic rings. The van der Waals surface area contributed by atoms with Crippen LogP contribution in [0.2, 0.25) is 5.02 Å². The zero-order chi connectivity index (χ0) is 33.0. The quantitative estimate of drug-likeness (QED) is 0.286. The molecule has 0 spiro atoms. The molecule has 11 nitrogen and oxygen atoms in total. The molecule has 14 heteroatoms. The second-order valence-electron chi connectivity index (χ2n) is 10.9. The summed E-state index contributed by atoms with van der Waals surface area (Å²) >= 11 is 8.47. The van der Waals surface area contributed by atoms with Crippen molar-refractivity contribution in [2.75, 3.05) is 40.0 Å². The van der Waals surface area contributed by atoms with Crippen LogP contribution in [0.3, 0.4) is 0 Å². The van der Waals surface area contributed by atoms with Crippen LogP contribution in [0.15, 0.2) is 76.6 Å². The lowest BCUT2D eigenvalue weighted by Crippen LogP contribution is -2.55. The summed E-state index contributed by atoms with van der Waals surface area (Å²) < 4.78 is 41.7. The van der Waals surface area contributed by atoms with Gasteiger partial charge in [-0.1, -0.05) is 35.9 Å². The monoisotopic (exact) mass is 779 g/mol. The number of amides is 3. The SMILES string of the molecule is CCOc1ccc(S(=O)(=O)NC(C)COC)cc1C1=NC(c2ccc(Cl)cc2)C(c2ccc(I)cc2)N1C(=O)N1CCNC(=O)C1. The molecule has 1 fully saturated rings. The highest BCUT2D eigenvalue weighted by Gasteiger charge is 2.45. The van der Waals surface area contributed by atoms with E-state index < -0.39 is 34.2 Å². The maximum absolute atomic E-state index is 14.6. The van der Waals surface area contributed by atoms with Crippen LogP contribution in [-0.2, 0) is 19.6 Å². The Labute approximate surface area is 287 Å². The molecule has 2 heterocycles. The predicted molar refractivity (Wildman–Crippen MR) is 184 cm³/mol. The average Bonchev–Trinajstić information content (AvgIpc) is 3.42. The third-order valence-electron chi connectivity index (χ3n) is 7.58. The molecule has 244 valence electrons. The van der Waals surface area contributed by atoms with Gasteiger partial charge >= 0.3 is 6.03 Å². The minimum Gasteiger partial charge on any atom is -0.493 e. The molecule has 0 radical (unpaired) electrons. The molecular formula is C32H35ClIN5O6S. The Balaban J connectivity index is 1.72. The summed E-state index contributed by atoms with van der Waals surface area (Å²) in [4.78, 5) is 35.1. The number of sulfonamides is 1. The van der Waals surface area contributed by atoms with E-state index in [0.29, 0.717) is 29.4 Å². The number of hydrogen-bond acceptors (Lipinski definition) is 7. The molecule has 0 aromatic heterocycles. The van der Waals surface area contributed by atoms with Crippen molar-refractivity contribution in [2.45, 2.75) is 36.9 Å². The fourth-order valence-electron chi connectivity index (χ4n) is 5.56. The lowest BCUT2D eigenvalue weighted by molar-refractivity contribution is -0.123. The zero-order valence-electron chi connectivity index (χ0n) is 25.6. The first-order valence-corrected chi connectivity index (χ1v) is 17.7. The molecule has 3 atom stereocenters. The molecule has 1 saturated heterocycles. The van der Waals surface area contributed by atoms with Gasteiger partial charge in [-0.25, -0.2) is 17.9 Å². The van der Waals surface area contributed by atoms with Crippen molar-refractivity contribution in [2.24, 2.45) is 4.99 Å². The second-order valence-corrected chi connectivity index (χ2v) is 14.3. The lowest BCUT2D eigenvalue weighted by Gasteiger charge is -2.35. The number of urea groups is 1. The van der Waals surface area contributed by atoms with Crippen LogP contribution in [0, 0.1) is 3.57 Å². The van der Waals surface area contributed by atoms with Gasteiger partial charge in [-0.05, 0) is 90.0 Å². The van der Waals surface area contributed by atoms with Gasteiger partial charge in [-0.15, -0.1) is 0 Å². The van der Waals surface area contributed by atoms with Crippen molar-refractivity contribution in [3.63, 3.8) is 0 Å². The Bertz CT molecular complexity index is 1720. The molecule has 2 aliphatic heterocycles. The van der Waals surface area contributed by atoms with E-state index in [0.717, 1.165) is 14.7 Å². The number of hydrogen-bond donors (Lipinski definition) is 2. The highest BCUT2D eigenvalue weighted by Crippen LogP contribution is 2.45. The van der Waals surface area contributed by atoms with Gasteiger partial charge in [0, 0.05) is 34.8 Å². The molecule has 0 aliphatic carbocycles. The van der Waals surface area contributed by atoms with Gasteiger partial charge in [0.2, 0.25) is 15.9 Å². The van der Waals surface area contributed by atoms with Crippen LogP contribution in [-0.4, -0.2) is 82.0 Å². The number of piperazine rings is 1. The van der Waals surface area contributed by atoms with Crippen molar-refractivity contribution >= 4 is 62.0 Å². The van der Waals surface area contributed by atoms with Crippen LogP contribution < -0.4 is 14.8 Å². The Kier molecular flexibility index (Phi) is 10.9. The van der Waals surface area contributed by atoms with Gasteiger partial charge in [-0.2, -0.15) is 0 Å². The maximum Gasteiger partial charge on any atom is 0.326 e. The number of methoxy groups -OCH3 is 1. The van der Waals surface area contributed by atoms with Crippen LogP contribution in [0.4, 0.5) is 4.79 Å². The van der Waals surface area contributed by atoms with E-state index in [9.17, 15) is 18.0 Å². The van der Waals surface area contributed by atoms with Crippen LogP contribution >= 0.6 is 34.2 Å². The van der Waals surface area contributed by atoms with Crippen LogP contribution in [0.25, 0.3) is 0 Å². The van der Waals surface area contributed by atoms with E-state index >= 15 is 0 Å². The Morgan fingerprint density at radius 3 is 2.48 bits per heavy atom. The van der Waals surface area contributed by atoms with Crippen molar-refractivity contribution in [3.8, 4) is 5.75 Å². The molecule has 2 aliphatic rings.